The number of aromatic nitrogens is 2. The van der Waals surface area contributed by atoms with Gasteiger partial charge in [0.15, 0.2) is 0 Å². The number of hydrogen-bond acceptors (Lipinski definition) is 5. The van der Waals surface area contributed by atoms with Crippen molar-refractivity contribution in [2.45, 2.75) is 25.4 Å². The summed E-state index contributed by atoms with van der Waals surface area (Å²) in [6.07, 6.45) is 1.91. The van der Waals surface area contributed by atoms with Gasteiger partial charge in [-0.3, -0.25) is 4.79 Å². The van der Waals surface area contributed by atoms with Crippen molar-refractivity contribution in [1.82, 2.24) is 15.1 Å². The Morgan fingerprint density at radius 2 is 1.72 bits per heavy atom. The van der Waals surface area contributed by atoms with Crippen LogP contribution in [0.2, 0.25) is 5.02 Å². The lowest BCUT2D eigenvalue weighted by Crippen LogP contribution is -2.32. The molecule has 0 bridgehead atoms. The van der Waals surface area contributed by atoms with Gasteiger partial charge in [-0.05, 0) is 55.3 Å². The molecule has 32 heavy (non-hydrogen) atoms. The Balaban J connectivity index is 1.34. The fourth-order valence-electron chi connectivity index (χ4n) is 3.44. The molecule has 0 spiro atoms. The lowest BCUT2D eigenvalue weighted by atomic mass is 10.2. The first kappa shape index (κ1) is 20.3. The fraction of sp³-hybridized carbons (Fsp3) is 0.160. The molecule has 1 aliphatic carbocycles. The fourth-order valence-corrected chi connectivity index (χ4v) is 3.66. The SMILES string of the molecule is O=C(c1cccc(Oc2ccccc2)c1)N(Cc1nnc(-c2ccccc2Cl)o1)C1CC1. The molecule has 3 aromatic carbocycles. The average molecular weight is 446 g/mol. The van der Waals surface area contributed by atoms with Gasteiger partial charge in [0.05, 0.1) is 17.1 Å². The molecule has 0 saturated heterocycles. The van der Waals surface area contributed by atoms with Crippen molar-refractivity contribution in [2.24, 2.45) is 0 Å². The van der Waals surface area contributed by atoms with Gasteiger partial charge in [0.1, 0.15) is 11.5 Å². The molecule has 6 nitrogen and oxygen atoms in total. The Kier molecular flexibility index (Phi) is 5.60. The largest absolute Gasteiger partial charge is 0.457 e. The lowest BCUT2D eigenvalue weighted by Gasteiger charge is -2.21. The molecule has 0 atom stereocenters. The van der Waals surface area contributed by atoms with Crippen LogP contribution in [0.25, 0.3) is 11.5 Å². The summed E-state index contributed by atoms with van der Waals surface area (Å²) in [6, 6.07) is 24.1. The van der Waals surface area contributed by atoms with Crippen LogP contribution in [0.4, 0.5) is 0 Å². The second kappa shape index (κ2) is 8.85. The summed E-state index contributed by atoms with van der Waals surface area (Å²) in [5, 5.41) is 8.79. The first-order valence-corrected chi connectivity index (χ1v) is 10.8. The van der Waals surface area contributed by atoms with E-state index in [1.54, 1.807) is 23.1 Å². The van der Waals surface area contributed by atoms with Crippen LogP contribution < -0.4 is 4.74 Å². The zero-order chi connectivity index (χ0) is 21.9. The molecule has 1 aromatic heterocycles. The Hall–Kier alpha value is -3.64. The van der Waals surface area contributed by atoms with Crippen LogP contribution in [0.5, 0.6) is 11.5 Å². The molecular weight excluding hydrogens is 426 g/mol. The quantitative estimate of drug-likeness (QED) is 0.349. The third-order valence-corrected chi connectivity index (χ3v) is 5.51. The number of carbonyl (C=O) groups excluding carboxylic acids is 1. The van der Waals surface area contributed by atoms with Crippen molar-refractivity contribution in [1.29, 1.82) is 0 Å². The van der Waals surface area contributed by atoms with Crippen LogP contribution in [0.3, 0.4) is 0 Å². The summed E-state index contributed by atoms with van der Waals surface area (Å²) in [4.78, 5) is 15.1. The molecule has 160 valence electrons. The highest BCUT2D eigenvalue weighted by molar-refractivity contribution is 6.33. The zero-order valence-corrected chi connectivity index (χ0v) is 17.9. The Morgan fingerprint density at radius 1 is 0.969 bits per heavy atom. The number of para-hydroxylation sites is 1. The summed E-state index contributed by atoms with van der Waals surface area (Å²) >= 11 is 6.23. The van der Waals surface area contributed by atoms with E-state index in [9.17, 15) is 4.79 Å². The summed E-state index contributed by atoms with van der Waals surface area (Å²) < 4.78 is 11.7. The monoisotopic (exact) mass is 445 g/mol. The van der Waals surface area contributed by atoms with Crippen molar-refractivity contribution < 1.29 is 13.9 Å². The van der Waals surface area contributed by atoms with Crippen LogP contribution in [0.15, 0.2) is 83.3 Å². The Bertz CT molecular complexity index is 1240. The molecule has 0 radical (unpaired) electrons. The molecular formula is C25H20ClN3O3. The van der Waals surface area contributed by atoms with Gasteiger partial charge in [-0.2, -0.15) is 0 Å². The number of halogens is 1. The number of benzene rings is 3. The Morgan fingerprint density at radius 3 is 2.50 bits per heavy atom. The van der Waals surface area contributed by atoms with Crippen LogP contribution in [-0.4, -0.2) is 27.0 Å². The second-order valence-corrected chi connectivity index (χ2v) is 8.00. The van der Waals surface area contributed by atoms with E-state index in [1.807, 2.05) is 60.7 Å². The molecule has 5 rings (SSSR count). The van der Waals surface area contributed by atoms with Gasteiger partial charge in [-0.25, -0.2) is 0 Å². The van der Waals surface area contributed by atoms with Gasteiger partial charge >= 0.3 is 0 Å². The van der Waals surface area contributed by atoms with E-state index in [1.165, 1.54) is 0 Å². The van der Waals surface area contributed by atoms with Gasteiger partial charge in [-0.1, -0.05) is 48.0 Å². The standard InChI is InChI=1S/C25H20ClN3O3/c26-22-12-5-4-11-21(22)24-28-27-23(32-24)16-29(18-13-14-18)25(30)17-7-6-10-20(15-17)31-19-8-2-1-3-9-19/h1-12,15,18H,13-14,16H2. The molecule has 1 fully saturated rings. The molecule has 1 heterocycles. The van der Waals surface area contributed by atoms with Crippen molar-refractivity contribution in [3.63, 3.8) is 0 Å². The molecule has 0 aliphatic heterocycles. The number of ether oxygens (including phenoxy) is 1. The summed E-state index contributed by atoms with van der Waals surface area (Å²) in [6.45, 7) is 0.241. The minimum atomic E-state index is -0.0940. The Labute approximate surface area is 190 Å². The van der Waals surface area contributed by atoms with Gasteiger partial charge < -0.3 is 14.1 Å². The first-order chi connectivity index (χ1) is 15.7. The van der Waals surface area contributed by atoms with Crippen molar-refractivity contribution in [3.05, 3.63) is 95.3 Å². The predicted octanol–water partition coefficient (Wildman–Crippen LogP) is 5.99. The van der Waals surface area contributed by atoms with E-state index in [-0.39, 0.29) is 18.5 Å². The third-order valence-electron chi connectivity index (χ3n) is 5.19. The highest BCUT2D eigenvalue weighted by atomic mass is 35.5. The minimum absolute atomic E-state index is 0.0940. The summed E-state index contributed by atoms with van der Waals surface area (Å²) in [5.41, 5.74) is 1.22. The maximum atomic E-state index is 13.3. The molecule has 1 saturated carbocycles. The van der Waals surface area contributed by atoms with E-state index in [0.717, 1.165) is 12.8 Å². The van der Waals surface area contributed by atoms with E-state index in [4.69, 9.17) is 20.8 Å². The van der Waals surface area contributed by atoms with Gasteiger partial charge in [0.2, 0.25) is 11.8 Å². The smallest absolute Gasteiger partial charge is 0.254 e. The van der Waals surface area contributed by atoms with Crippen LogP contribution in [0, 0.1) is 0 Å². The predicted molar refractivity (Wildman–Crippen MR) is 121 cm³/mol. The lowest BCUT2D eigenvalue weighted by molar-refractivity contribution is 0.0714. The topological polar surface area (TPSA) is 68.5 Å². The number of nitrogens with zero attached hydrogens (tertiary/aromatic N) is 3. The number of amides is 1. The second-order valence-electron chi connectivity index (χ2n) is 7.59. The van der Waals surface area contributed by atoms with Crippen LogP contribution in [-0.2, 0) is 6.54 Å². The maximum Gasteiger partial charge on any atom is 0.254 e. The molecule has 1 amide bonds. The van der Waals surface area contributed by atoms with E-state index in [2.05, 4.69) is 10.2 Å². The molecule has 1 aliphatic rings. The average Bonchev–Trinajstić information content (AvgIpc) is 3.56. The maximum absolute atomic E-state index is 13.3. The highest BCUT2D eigenvalue weighted by Crippen LogP contribution is 2.32. The van der Waals surface area contributed by atoms with E-state index >= 15 is 0 Å². The van der Waals surface area contributed by atoms with Crippen LogP contribution >= 0.6 is 11.6 Å². The van der Waals surface area contributed by atoms with Gasteiger partial charge in [0.25, 0.3) is 5.91 Å². The van der Waals surface area contributed by atoms with Crippen LogP contribution in [0.1, 0.15) is 29.1 Å². The number of rotatable bonds is 7. The molecule has 0 N–H and O–H groups in total. The summed E-state index contributed by atoms with van der Waals surface area (Å²) in [5.74, 6) is 1.94. The molecule has 4 aromatic rings. The number of carbonyl (C=O) groups is 1. The van der Waals surface area contributed by atoms with Gasteiger partial charge in [0, 0.05) is 11.6 Å². The normalized spacial score (nSPS) is 13.0. The number of hydrogen-bond donors (Lipinski definition) is 0. The highest BCUT2D eigenvalue weighted by Gasteiger charge is 2.34. The van der Waals surface area contributed by atoms with E-state index < -0.39 is 0 Å². The first-order valence-electron chi connectivity index (χ1n) is 10.4. The minimum Gasteiger partial charge on any atom is -0.457 e. The third kappa shape index (κ3) is 4.50. The van der Waals surface area contributed by atoms with Gasteiger partial charge in [-0.15, -0.1) is 10.2 Å². The summed E-state index contributed by atoms with van der Waals surface area (Å²) in [7, 11) is 0. The van der Waals surface area contributed by atoms with Crippen molar-refractivity contribution >= 4 is 17.5 Å². The molecule has 0 unspecified atom stereocenters. The van der Waals surface area contributed by atoms with Crippen molar-refractivity contribution in [3.8, 4) is 23.0 Å². The van der Waals surface area contributed by atoms with Crippen molar-refractivity contribution in [2.75, 3.05) is 0 Å². The van der Waals surface area contributed by atoms with E-state index in [0.29, 0.717) is 39.4 Å². The molecule has 7 heteroatoms. The zero-order valence-electron chi connectivity index (χ0n) is 17.1.